The lowest BCUT2D eigenvalue weighted by Gasteiger charge is -2.06. The molecular weight excluding hydrogens is 600 g/mol. The Labute approximate surface area is 264 Å². The number of hydrogen-bond acceptors (Lipinski definition) is 12. The van der Waals surface area contributed by atoms with Gasteiger partial charge in [0.25, 0.3) is 0 Å². The molecule has 0 saturated carbocycles. The van der Waals surface area contributed by atoms with Gasteiger partial charge in [-0.05, 0) is 72.2 Å². The first-order valence-electron chi connectivity index (χ1n) is 14.2. The van der Waals surface area contributed by atoms with E-state index >= 15 is 0 Å². The molecule has 0 aliphatic heterocycles. The van der Waals surface area contributed by atoms with Gasteiger partial charge in [0.15, 0.2) is 0 Å². The summed E-state index contributed by atoms with van der Waals surface area (Å²) in [6, 6.07) is 32.2. The fourth-order valence-corrected chi connectivity index (χ4v) is 4.08. The van der Waals surface area contributed by atoms with E-state index in [-0.39, 0.29) is 24.3 Å². The molecule has 0 heterocycles. The van der Waals surface area contributed by atoms with Gasteiger partial charge in [-0.2, -0.15) is 0 Å². The molecule has 4 aromatic carbocycles. The Morgan fingerprint density at radius 2 is 0.804 bits per heavy atom. The van der Waals surface area contributed by atoms with Gasteiger partial charge in [0.05, 0.1) is 34.4 Å². The fraction of sp³-hybridized carbons (Fsp3) is 0.176. The van der Waals surface area contributed by atoms with Crippen molar-refractivity contribution in [1.29, 1.82) is 0 Å². The van der Waals surface area contributed by atoms with Gasteiger partial charge >= 0.3 is 24.2 Å². The Morgan fingerprint density at radius 1 is 0.413 bits per heavy atom. The average molecular weight is 631 g/mol. The highest BCUT2D eigenvalue weighted by Gasteiger charge is 2.14. The molecule has 0 spiro atoms. The molecule has 0 bridgehead atoms. The van der Waals surface area contributed by atoms with Gasteiger partial charge in [-0.1, -0.05) is 84.9 Å². The first kappa shape index (κ1) is 33.2. The molecule has 0 N–H and O–H groups in total. The monoisotopic (exact) mass is 630 g/mol. The van der Waals surface area contributed by atoms with Crippen LogP contribution in [0, 0.1) is 0 Å². The van der Waals surface area contributed by atoms with Crippen molar-refractivity contribution in [2.75, 3.05) is 13.2 Å². The first-order valence-corrected chi connectivity index (χ1v) is 14.2. The van der Waals surface area contributed by atoms with E-state index in [1.54, 1.807) is 24.3 Å². The van der Waals surface area contributed by atoms with Crippen LogP contribution in [0.5, 0.6) is 0 Å². The minimum atomic E-state index is -1.18. The van der Waals surface area contributed by atoms with E-state index < -0.39 is 24.2 Å². The van der Waals surface area contributed by atoms with Crippen molar-refractivity contribution in [3.05, 3.63) is 120 Å². The quantitative estimate of drug-likeness (QED) is 0.0552. The van der Waals surface area contributed by atoms with Crippen LogP contribution in [0.15, 0.2) is 109 Å². The average Bonchev–Trinajstić information content (AvgIpc) is 3.10. The zero-order valence-corrected chi connectivity index (χ0v) is 24.5. The number of rotatable bonds is 15. The SMILES string of the molecule is O=C(OCCCCCCOC(=O)OOOC(=O)c1cccc(-c2ccccc2)c1)OOOC(=O)c1cccc(-c2ccccc2)c1. The van der Waals surface area contributed by atoms with Gasteiger partial charge < -0.3 is 9.47 Å². The third-order valence-corrected chi connectivity index (χ3v) is 6.31. The molecule has 4 rings (SSSR count). The van der Waals surface area contributed by atoms with Crippen LogP contribution in [0.25, 0.3) is 22.3 Å². The molecule has 0 aliphatic rings. The Morgan fingerprint density at radius 3 is 1.22 bits per heavy atom. The van der Waals surface area contributed by atoms with E-state index in [1.807, 2.05) is 72.8 Å². The number of unbranched alkanes of at least 4 members (excludes halogenated alkanes) is 3. The predicted molar refractivity (Wildman–Crippen MR) is 160 cm³/mol. The maximum absolute atomic E-state index is 12.2. The molecule has 12 nitrogen and oxygen atoms in total. The molecule has 0 atom stereocenters. The molecule has 0 fully saturated rings. The van der Waals surface area contributed by atoms with Crippen LogP contribution in [0.4, 0.5) is 9.59 Å². The minimum Gasteiger partial charge on any atom is -0.432 e. The van der Waals surface area contributed by atoms with E-state index in [9.17, 15) is 19.2 Å². The maximum Gasteiger partial charge on any atom is 0.543 e. The van der Waals surface area contributed by atoms with E-state index in [0.29, 0.717) is 25.7 Å². The van der Waals surface area contributed by atoms with Gasteiger partial charge in [-0.3, -0.25) is 9.78 Å². The Balaban J connectivity index is 0.988. The normalized spacial score (nSPS) is 10.3. The van der Waals surface area contributed by atoms with E-state index in [1.165, 1.54) is 12.1 Å². The summed E-state index contributed by atoms with van der Waals surface area (Å²) in [6.07, 6.45) is -0.125. The number of carbonyl (C=O) groups excluding carboxylic acids is 4. The second-order valence-corrected chi connectivity index (χ2v) is 9.55. The maximum atomic E-state index is 12.2. The Bertz CT molecular complexity index is 1450. The summed E-state index contributed by atoms with van der Waals surface area (Å²) in [5.74, 6) is -1.71. The van der Waals surface area contributed by atoms with Crippen LogP contribution in [0.2, 0.25) is 0 Å². The Kier molecular flexibility index (Phi) is 13.1. The molecule has 46 heavy (non-hydrogen) atoms. The zero-order chi connectivity index (χ0) is 32.4. The smallest absolute Gasteiger partial charge is 0.432 e. The van der Waals surface area contributed by atoms with Crippen molar-refractivity contribution in [3.63, 3.8) is 0 Å². The topological polar surface area (TPSA) is 142 Å². The lowest BCUT2D eigenvalue weighted by Crippen LogP contribution is -2.13. The van der Waals surface area contributed by atoms with Gasteiger partial charge in [-0.25, -0.2) is 29.0 Å². The molecule has 0 aliphatic carbocycles. The van der Waals surface area contributed by atoms with Gasteiger partial charge in [-0.15, -0.1) is 0 Å². The number of carbonyl (C=O) groups is 4. The second kappa shape index (κ2) is 18.2. The van der Waals surface area contributed by atoms with Crippen LogP contribution < -0.4 is 0 Å². The molecule has 0 saturated heterocycles. The van der Waals surface area contributed by atoms with Crippen molar-refractivity contribution in [2.45, 2.75) is 25.7 Å². The van der Waals surface area contributed by atoms with Gasteiger partial charge in [0.1, 0.15) is 0 Å². The summed E-state index contributed by atoms with van der Waals surface area (Å²) in [4.78, 5) is 65.2. The molecular formula is C34H30O12. The summed E-state index contributed by atoms with van der Waals surface area (Å²) >= 11 is 0. The van der Waals surface area contributed by atoms with Crippen molar-refractivity contribution in [2.24, 2.45) is 0 Å². The molecule has 4 aromatic rings. The fourth-order valence-electron chi connectivity index (χ4n) is 4.08. The van der Waals surface area contributed by atoms with Crippen LogP contribution in [-0.2, 0) is 39.1 Å². The third kappa shape index (κ3) is 11.1. The summed E-state index contributed by atoms with van der Waals surface area (Å²) in [5, 5.41) is 8.50. The molecule has 0 aromatic heterocycles. The molecule has 0 amide bonds. The highest BCUT2D eigenvalue weighted by molar-refractivity contribution is 5.91. The Hall–Kier alpha value is -5.72. The van der Waals surface area contributed by atoms with Crippen molar-refractivity contribution < 1.29 is 58.3 Å². The van der Waals surface area contributed by atoms with Crippen molar-refractivity contribution >= 4 is 24.2 Å². The van der Waals surface area contributed by atoms with Crippen molar-refractivity contribution in [1.82, 2.24) is 0 Å². The largest absolute Gasteiger partial charge is 0.543 e. The summed E-state index contributed by atoms with van der Waals surface area (Å²) in [7, 11) is 0. The predicted octanol–water partition coefficient (Wildman–Crippen LogP) is 7.59. The van der Waals surface area contributed by atoms with Gasteiger partial charge in [0, 0.05) is 0 Å². The summed E-state index contributed by atoms with van der Waals surface area (Å²) in [5.41, 5.74) is 3.84. The van der Waals surface area contributed by atoms with E-state index in [0.717, 1.165) is 22.3 Å². The number of hydrogen-bond donors (Lipinski definition) is 0. The highest BCUT2D eigenvalue weighted by atomic mass is 17.5. The second-order valence-electron chi connectivity index (χ2n) is 9.55. The minimum absolute atomic E-state index is 0.0195. The third-order valence-electron chi connectivity index (χ3n) is 6.31. The molecule has 0 radical (unpaired) electrons. The standard InChI is InChI=1S/C34H30O12/c35-31(29-19-11-17-27(23-29)25-13-5-3-6-14-25)41-45-43-33(37)39-21-9-1-2-10-22-40-34(38)44-46-42-32(36)30-20-12-18-28(24-30)26-15-7-4-8-16-26/h3-8,11-20,23-24H,1-2,9-10,21-22H2. The van der Waals surface area contributed by atoms with Crippen molar-refractivity contribution in [3.8, 4) is 22.3 Å². The van der Waals surface area contributed by atoms with E-state index in [4.69, 9.17) is 9.47 Å². The van der Waals surface area contributed by atoms with Crippen LogP contribution in [0.1, 0.15) is 46.4 Å². The number of benzene rings is 4. The summed E-state index contributed by atoms with van der Waals surface area (Å²) < 4.78 is 9.67. The molecule has 238 valence electrons. The highest BCUT2D eigenvalue weighted by Crippen LogP contribution is 2.21. The number of ether oxygens (including phenoxy) is 2. The van der Waals surface area contributed by atoms with Gasteiger partial charge in [0.2, 0.25) is 0 Å². The molecule has 0 unspecified atom stereocenters. The van der Waals surface area contributed by atoms with Crippen LogP contribution in [0.3, 0.4) is 0 Å². The van der Waals surface area contributed by atoms with Crippen LogP contribution >= 0.6 is 0 Å². The lowest BCUT2D eigenvalue weighted by atomic mass is 10.0. The molecule has 12 heteroatoms. The zero-order valence-electron chi connectivity index (χ0n) is 24.5. The van der Waals surface area contributed by atoms with Crippen LogP contribution in [-0.4, -0.2) is 37.5 Å². The summed E-state index contributed by atoms with van der Waals surface area (Å²) in [6.45, 7) is 0.0389. The lowest BCUT2D eigenvalue weighted by molar-refractivity contribution is -0.452. The first-order chi connectivity index (χ1) is 22.5. The van der Waals surface area contributed by atoms with E-state index in [2.05, 4.69) is 29.6 Å².